The van der Waals surface area contributed by atoms with E-state index in [-0.39, 0.29) is 23.5 Å². The van der Waals surface area contributed by atoms with E-state index in [0.29, 0.717) is 0 Å². The zero-order chi connectivity index (χ0) is 14.8. The second kappa shape index (κ2) is 5.94. The van der Waals surface area contributed by atoms with E-state index in [1.54, 1.807) is 18.2 Å². The fourth-order valence-corrected chi connectivity index (χ4v) is 3.27. The molecule has 0 spiro atoms. The Balaban J connectivity index is 2.00. The Morgan fingerprint density at radius 2 is 1.90 bits per heavy atom. The lowest BCUT2D eigenvalue weighted by Gasteiger charge is -2.33. The van der Waals surface area contributed by atoms with Crippen LogP contribution in [0.25, 0.3) is 0 Å². The van der Waals surface area contributed by atoms with Crippen molar-refractivity contribution in [1.82, 2.24) is 5.32 Å². The largest absolute Gasteiger partial charge is 0.316 e. The lowest BCUT2D eigenvalue weighted by atomic mass is 9.77. The van der Waals surface area contributed by atoms with E-state index >= 15 is 0 Å². The highest BCUT2D eigenvalue weighted by Gasteiger charge is 2.29. The van der Waals surface area contributed by atoms with Crippen LogP contribution >= 0.6 is 0 Å². The monoisotopic (exact) mass is 287 g/mol. The van der Waals surface area contributed by atoms with Crippen molar-refractivity contribution in [3.8, 4) is 0 Å². The van der Waals surface area contributed by atoms with Crippen molar-refractivity contribution < 1.29 is 8.78 Å². The van der Waals surface area contributed by atoms with Crippen LogP contribution in [0, 0.1) is 18.6 Å². The molecular formula is C18H19F2N. The normalized spacial score (nSPS) is 22.2. The molecule has 0 amide bonds. The van der Waals surface area contributed by atoms with E-state index in [1.165, 1.54) is 12.1 Å². The van der Waals surface area contributed by atoms with Crippen LogP contribution in [0.3, 0.4) is 0 Å². The number of nitrogens with one attached hydrogen (secondary N) is 1. The highest BCUT2D eigenvalue weighted by atomic mass is 19.1. The van der Waals surface area contributed by atoms with Gasteiger partial charge in [-0.2, -0.15) is 0 Å². The minimum absolute atomic E-state index is 0.0907. The van der Waals surface area contributed by atoms with Crippen molar-refractivity contribution in [2.45, 2.75) is 25.2 Å². The van der Waals surface area contributed by atoms with Gasteiger partial charge in [-0.05, 0) is 55.1 Å². The van der Waals surface area contributed by atoms with Gasteiger partial charge in [-0.15, -0.1) is 0 Å². The Morgan fingerprint density at radius 3 is 2.71 bits per heavy atom. The van der Waals surface area contributed by atoms with Gasteiger partial charge in [0.2, 0.25) is 0 Å². The average Bonchev–Trinajstić information content (AvgIpc) is 2.50. The molecule has 2 aromatic rings. The number of hydrogen-bond donors (Lipinski definition) is 1. The Labute approximate surface area is 124 Å². The van der Waals surface area contributed by atoms with E-state index in [2.05, 4.69) is 5.32 Å². The van der Waals surface area contributed by atoms with Crippen molar-refractivity contribution in [1.29, 1.82) is 0 Å². The maximum absolute atomic E-state index is 14.2. The molecule has 1 heterocycles. The van der Waals surface area contributed by atoms with Crippen LogP contribution in [0.4, 0.5) is 8.78 Å². The van der Waals surface area contributed by atoms with Gasteiger partial charge < -0.3 is 5.32 Å². The smallest absolute Gasteiger partial charge is 0.126 e. The lowest BCUT2D eigenvalue weighted by Crippen LogP contribution is -2.34. The van der Waals surface area contributed by atoms with E-state index in [0.717, 1.165) is 36.2 Å². The van der Waals surface area contributed by atoms with Gasteiger partial charge in [0.05, 0.1) is 0 Å². The molecule has 0 bridgehead atoms. The highest BCUT2D eigenvalue weighted by molar-refractivity contribution is 5.33. The fraction of sp³-hybridized carbons (Fsp3) is 0.333. The SMILES string of the molecule is Cc1ccc(F)c(C2CCNCC2c2cccc(F)c2)c1. The summed E-state index contributed by atoms with van der Waals surface area (Å²) in [4.78, 5) is 0. The van der Waals surface area contributed by atoms with E-state index in [4.69, 9.17) is 0 Å². The number of piperidine rings is 1. The maximum atomic E-state index is 14.2. The minimum atomic E-state index is -0.235. The van der Waals surface area contributed by atoms with Crippen LogP contribution in [0.15, 0.2) is 42.5 Å². The number of benzene rings is 2. The molecule has 3 heteroatoms. The summed E-state index contributed by atoms with van der Waals surface area (Å²) in [6.45, 7) is 3.59. The quantitative estimate of drug-likeness (QED) is 0.875. The number of halogens is 2. The summed E-state index contributed by atoms with van der Waals surface area (Å²) >= 11 is 0. The lowest BCUT2D eigenvalue weighted by molar-refractivity contribution is 0.392. The Kier molecular flexibility index (Phi) is 4.02. The zero-order valence-corrected chi connectivity index (χ0v) is 12.1. The van der Waals surface area contributed by atoms with E-state index in [1.807, 2.05) is 19.1 Å². The summed E-state index contributed by atoms with van der Waals surface area (Å²) in [5.41, 5.74) is 2.75. The third kappa shape index (κ3) is 2.98. The van der Waals surface area contributed by atoms with Crippen molar-refractivity contribution in [2.24, 2.45) is 0 Å². The van der Waals surface area contributed by atoms with Gasteiger partial charge in [0.15, 0.2) is 0 Å². The van der Waals surface area contributed by atoms with Crippen LogP contribution in [0.2, 0.25) is 0 Å². The van der Waals surface area contributed by atoms with Crippen LogP contribution < -0.4 is 5.32 Å². The Hall–Kier alpha value is -1.74. The standard InChI is InChI=1S/C18H19F2N/c1-12-5-6-18(20)16(9-12)15-7-8-21-11-17(15)13-3-2-4-14(19)10-13/h2-6,9-10,15,17,21H,7-8,11H2,1H3. The molecule has 110 valence electrons. The summed E-state index contributed by atoms with van der Waals surface area (Å²) in [6, 6.07) is 11.9. The van der Waals surface area contributed by atoms with Crippen molar-refractivity contribution in [3.63, 3.8) is 0 Å². The third-order valence-corrected chi connectivity index (χ3v) is 4.31. The molecule has 1 fully saturated rings. The summed E-state index contributed by atoms with van der Waals surface area (Å²) in [7, 11) is 0. The molecule has 1 aliphatic rings. The van der Waals surface area contributed by atoms with Gasteiger partial charge in [-0.1, -0.05) is 29.8 Å². The van der Waals surface area contributed by atoms with Gasteiger partial charge >= 0.3 is 0 Å². The van der Waals surface area contributed by atoms with Crippen molar-refractivity contribution >= 4 is 0 Å². The number of aryl methyl sites for hydroxylation is 1. The van der Waals surface area contributed by atoms with Crippen LogP contribution in [0.1, 0.15) is 34.9 Å². The first-order chi connectivity index (χ1) is 10.1. The molecular weight excluding hydrogens is 268 g/mol. The Bertz CT molecular complexity index is 639. The molecule has 21 heavy (non-hydrogen) atoms. The first kappa shape index (κ1) is 14.2. The van der Waals surface area contributed by atoms with Crippen LogP contribution in [0.5, 0.6) is 0 Å². The summed E-state index contributed by atoms with van der Waals surface area (Å²) in [6.07, 6.45) is 0.863. The number of hydrogen-bond acceptors (Lipinski definition) is 1. The molecule has 0 radical (unpaired) electrons. The molecule has 2 aromatic carbocycles. The van der Waals surface area contributed by atoms with Gasteiger partial charge in [0.25, 0.3) is 0 Å². The van der Waals surface area contributed by atoms with Crippen LogP contribution in [-0.2, 0) is 0 Å². The fourth-order valence-electron chi connectivity index (χ4n) is 3.27. The zero-order valence-electron chi connectivity index (χ0n) is 12.1. The third-order valence-electron chi connectivity index (χ3n) is 4.31. The van der Waals surface area contributed by atoms with E-state index < -0.39 is 0 Å². The predicted octanol–water partition coefficient (Wildman–Crippen LogP) is 4.13. The Morgan fingerprint density at radius 1 is 1.05 bits per heavy atom. The summed E-state index contributed by atoms with van der Waals surface area (Å²) in [5, 5.41) is 3.34. The molecule has 0 aliphatic carbocycles. The molecule has 3 rings (SSSR count). The van der Waals surface area contributed by atoms with Gasteiger partial charge in [0.1, 0.15) is 11.6 Å². The maximum Gasteiger partial charge on any atom is 0.126 e. The topological polar surface area (TPSA) is 12.0 Å². The first-order valence-corrected chi connectivity index (χ1v) is 7.37. The molecule has 1 N–H and O–H groups in total. The molecule has 1 nitrogen and oxygen atoms in total. The van der Waals surface area contributed by atoms with Gasteiger partial charge in [-0.25, -0.2) is 8.78 Å². The van der Waals surface area contributed by atoms with Gasteiger partial charge in [0, 0.05) is 12.5 Å². The van der Waals surface area contributed by atoms with E-state index in [9.17, 15) is 8.78 Å². The van der Waals surface area contributed by atoms with Crippen LogP contribution in [-0.4, -0.2) is 13.1 Å². The average molecular weight is 287 g/mol. The minimum Gasteiger partial charge on any atom is -0.316 e. The summed E-state index contributed by atoms with van der Waals surface area (Å²) in [5.74, 6) is -0.200. The molecule has 1 aliphatic heterocycles. The molecule has 2 unspecified atom stereocenters. The van der Waals surface area contributed by atoms with Crippen molar-refractivity contribution in [3.05, 3.63) is 70.8 Å². The van der Waals surface area contributed by atoms with Gasteiger partial charge in [-0.3, -0.25) is 0 Å². The summed E-state index contributed by atoms with van der Waals surface area (Å²) < 4.78 is 27.7. The second-order valence-electron chi connectivity index (χ2n) is 5.79. The molecule has 0 aromatic heterocycles. The highest BCUT2D eigenvalue weighted by Crippen LogP contribution is 2.38. The number of rotatable bonds is 2. The first-order valence-electron chi connectivity index (χ1n) is 7.37. The molecule has 2 atom stereocenters. The van der Waals surface area contributed by atoms with Crippen molar-refractivity contribution in [2.75, 3.05) is 13.1 Å². The second-order valence-corrected chi connectivity index (χ2v) is 5.79. The molecule has 0 saturated carbocycles. The predicted molar refractivity (Wildman–Crippen MR) is 80.5 cm³/mol. The molecule has 1 saturated heterocycles.